The molecule has 0 saturated carbocycles. The van der Waals surface area contributed by atoms with Gasteiger partial charge in [0, 0.05) is 13.0 Å². The number of nitrogens with one attached hydrogen (secondary N) is 1. The summed E-state index contributed by atoms with van der Waals surface area (Å²) >= 11 is 1.27. The first-order chi connectivity index (χ1) is 12.6. The molecule has 142 valence electrons. The molecular formula is C17H25N5O3S. The molecule has 3 N–H and O–H groups in total. The molecule has 26 heavy (non-hydrogen) atoms. The Balaban J connectivity index is 1.77. The van der Waals surface area contributed by atoms with E-state index in [4.69, 9.17) is 15.3 Å². The number of hydrogen-bond donors (Lipinski definition) is 2. The number of carbonyl (C=O) groups excluding carboxylic acids is 1. The van der Waals surface area contributed by atoms with Gasteiger partial charge in [0.2, 0.25) is 11.1 Å². The third kappa shape index (κ3) is 5.29. The zero-order chi connectivity index (χ0) is 18.9. The van der Waals surface area contributed by atoms with Crippen LogP contribution < -0.4 is 20.6 Å². The van der Waals surface area contributed by atoms with Crippen molar-refractivity contribution in [2.45, 2.75) is 31.3 Å². The van der Waals surface area contributed by atoms with Crippen LogP contribution in [0.15, 0.2) is 23.4 Å². The number of hydrogen-bond acceptors (Lipinski definition) is 7. The first kappa shape index (κ1) is 19.9. The van der Waals surface area contributed by atoms with Crippen molar-refractivity contribution in [3.63, 3.8) is 0 Å². The summed E-state index contributed by atoms with van der Waals surface area (Å²) in [6.07, 6.45) is 2.41. The summed E-state index contributed by atoms with van der Waals surface area (Å²) in [6, 6.07) is 5.72. The fourth-order valence-electron chi connectivity index (χ4n) is 2.36. The highest BCUT2D eigenvalue weighted by Gasteiger charge is 2.11. The van der Waals surface area contributed by atoms with Crippen LogP contribution in [0.3, 0.4) is 0 Å². The summed E-state index contributed by atoms with van der Waals surface area (Å²) in [5.74, 6) is 8.18. The molecule has 1 amide bonds. The minimum atomic E-state index is -0.0736. The minimum absolute atomic E-state index is 0.0736. The summed E-state index contributed by atoms with van der Waals surface area (Å²) < 4.78 is 11.9. The highest BCUT2D eigenvalue weighted by atomic mass is 32.2. The van der Waals surface area contributed by atoms with Gasteiger partial charge >= 0.3 is 0 Å². The second kappa shape index (κ2) is 9.91. The predicted octanol–water partition coefficient (Wildman–Crippen LogP) is 1.41. The van der Waals surface area contributed by atoms with Gasteiger partial charge in [0.1, 0.15) is 0 Å². The van der Waals surface area contributed by atoms with Gasteiger partial charge in [-0.3, -0.25) is 4.79 Å². The number of rotatable bonds is 10. The van der Waals surface area contributed by atoms with Crippen LogP contribution in [0, 0.1) is 0 Å². The monoisotopic (exact) mass is 379 g/mol. The number of nitrogens with zero attached hydrogens (tertiary/aromatic N) is 3. The zero-order valence-corrected chi connectivity index (χ0v) is 16.1. The van der Waals surface area contributed by atoms with E-state index >= 15 is 0 Å². The van der Waals surface area contributed by atoms with E-state index in [-0.39, 0.29) is 11.7 Å². The summed E-state index contributed by atoms with van der Waals surface area (Å²) in [4.78, 5) is 12.0. The molecule has 8 nitrogen and oxygen atoms in total. The second-order valence-electron chi connectivity index (χ2n) is 5.60. The van der Waals surface area contributed by atoms with Gasteiger partial charge in [0.25, 0.3) is 0 Å². The standard InChI is InChI=1S/C17H25N5O3S/c1-4-5-15-20-21-17(22(15)18)26-11-16(23)19-9-8-12-6-7-13(24-2)14(10-12)25-3/h6-7,10H,4-5,8-9,11,18H2,1-3H3,(H,19,23). The Kier molecular flexibility index (Phi) is 7.58. The van der Waals surface area contributed by atoms with E-state index in [0.717, 1.165) is 24.2 Å². The Hall–Kier alpha value is -2.42. The van der Waals surface area contributed by atoms with E-state index in [1.165, 1.54) is 16.4 Å². The van der Waals surface area contributed by atoms with Crippen molar-refractivity contribution >= 4 is 17.7 Å². The number of nitrogen functional groups attached to an aromatic ring is 1. The third-order valence-electron chi connectivity index (χ3n) is 3.72. The molecule has 2 aromatic rings. The third-order valence-corrected chi connectivity index (χ3v) is 4.67. The van der Waals surface area contributed by atoms with Crippen LogP contribution in [0.4, 0.5) is 0 Å². The Labute approximate surface area is 157 Å². The van der Waals surface area contributed by atoms with E-state index in [1.807, 2.05) is 25.1 Å². The van der Waals surface area contributed by atoms with E-state index in [0.29, 0.717) is 29.6 Å². The Morgan fingerprint density at radius 3 is 2.69 bits per heavy atom. The lowest BCUT2D eigenvalue weighted by Gasteiger charge is -2.10. The summed E-state index contributed by atoms with van der Waals surface area (Å²) in [6.45, 7) is 2.58. The Morgan fingerprint density at radius 2 is 2.00 bits per heavy atom. The van der Waals surface area contributed by atoms with Gasteiger partial charge in [-0.15, -0.1) is 10.2 Å². The summed E-state index contributed by atoms with van der Waals surface area (Å²) in [5, 5.41) is 11.5. The lowest BCUT2D eigenvalue weighted by molar-refractivity contribution is -0.118. The first-order valence-electron chi connectivity index (χ1n) is 8.38. The highest BCUT2D eigenvalue weighted by Crippen LogP contribution is 2.27. The molecule has 9 heteroatoms. The molecule has 0 saturated heterocycles. The zero-order valence-electron chi connectivity index (χ0n) is 15.3. The van der Waals surface area contributed by atoms with Gasteiger partial charge in [-0.25, -0.2) is 4.68 Å². The van der Waals surface area contributed by atoms with Crippen molar-refractivity contribution in [3.8, 4) is 11.5 Å². The van der Waals surface area contributed by atoms with Gasteiger partial charge < -0.3 is 20.6 Å². The van der Waals surface area contributed by atoms with Crippen LogP contribution >= 0.6 is 11.8 Å². The SMILES string of the molecule is CCCc1nnc(SCC(=O)NCCc2ccc(OC)c(OC)c2)n1N. The number of benzene rings is 1. The number of carbonyl (C=O) groups is 1. The molecule has 2 rings (SSSR count). The van der Waals surface area contributed by atoms with Crippen LogP contribution in [0.5, 0.6) is 11.5 Å². The highest BCUT2D eigenvalue weighted by molar-refractivity contribution is 7.99. The van der Waals surface area contributed by atoms with E-state index in [2.05, 4.69) is 15.5 Å². The Morgan fingerprint density at radius 1 is 1.23 bits per heavy atom. The minimum Gasteiger partial charge on any atom is -0.493 e. The number of aryl methyl sites for hydroxylation is 1. The van der Waals surface area contributed by atoms with Crippen LogP contribution in [-0.2, 0) is 17.6 Å². The van der Waals surface area contributed by atoms with Crippen LogP contribution in [-0.4, -0.2) is 47.3 Å². The number of methoxy groups -OCH3 is 2. The molecule has 1 aromatic carbocycles. The lowest BCUT2D eigenvalue weighted by Crippen LogP contribution is -2.27. The van der Waals surface area contributed by atoms with Crippen molar-refractivity contribution in [2.24, 2.45) is 0 Å². The molecule has 0 aliphatic rings. The van der Waals surface area contributed by atoms with E-state index in [1.54, 1.807) is 14.2 Å². The number of amides is 1. The largest absolute Gasteiger partial charge is 0.493 e. The van der Waals surface area contributed by atoms with Gasteiger partial charge in [-0.05, 0) is 30.5 Å². The molecule has 0 bridgehead atoms. The van der Waals surface area contributed by atoms with Crippen LogP contribution in [0.2, 0.25) is 0 Å². The molecule has 0 fully saturated rings. The average molecular weight is 379 g/mol. The Bertz CT molecular complexity index is 735. The fraction of sp³-hybridized carbons (Fsp3) is 0.471. The number of ether oxygens (including phenoxy) is 2. The molecule has 0 radical (unpaired) electrons. The van der Waals surface area contributed by atoms with Gasteiger partial charge in [-0.2, -0.15) is 0 Å². The molecule has 0 aliphatic carbocycles. The fourth-order valence-corrected chi connectivity index (χ4v) is 3.07. The predicted molar refractivity (Wildman–Crippen MR) is 101 cm³/mol. The van der Waals surface area contributed by atoms with Crippen molar-refractivity contribution in [1.82, 2.24) is 20.2 Å². The molecule has 1 heterocycles. The maximum absolute atomic E-state index is 12.0. The summed E-state index contributed by atoms with van der Waals surface area (Å²) in [5.41, 5.74) is 1.06. The van der Waals surface area contributed by atoms with Crippen molar-refractivity contribution in [3.05, 3.63) is 29.6 Å². The van der Waals surface area contributed by atoms with E-state index in [9.17, 15) is 4.79 Å². The smallest absolute Gasteiger partial charge is 0.230 e. The molecule has 1 aromatic heterocycles. The van der Waals surface area contributed by atoms with Crippen molar-refractivity contribution < 1.29 is 14.3 Å². The van der Waals surface area contributed by atoms with Crippen molar-refractivity contribution in [2.75, 3.05) is 32.4 Å². The lowest BCUT2D eigenvalue weighted by atomic mass is 10.1. The molecule has 0 spiro atoms. The molecule has 0 atom stereocenters. The van der Waals surface area contributed by atoms with Gasteiger partial charge in [0.15, 0.2) is 17.3 Å². The normalized spacial score (nSPS) is 10.6. The van der Waals surface area contributed by atoms with Crippen LogP contribution in [0.1, 0.15) is 24.7 Å². The average Bonchev–Trinajstić information content (AvgIpc) is 3.00. The second-order valence-corrected chi connectivity index (χ2v) is 6.54. The van der Waals surface area contributed by atoms with Crippen LogP contribution in [0.25, 0.3) is 0 Å². The van der Waals surface area contributed by atoms with E-state index < -0.39 is 0 Å². The summed E-state index contributed by atoms with van der Waals surface area (Å²) in [7, 11) is 3.20. The topological polar surface area (TPSA) is 104 Å². The maximum Gasteiger partial charge on any atom is 0.230 e. The van der Waals surface area contributed by atoms with Crippen molar-refractivity contribution in [1.29, 1.82) is 0 Å². The number of aromatic nitrogens is 3. The quantitative estimate of drug-likeness (QED) is 0.475. The molecule has 0 unspecified atom stereocenters. The van der Waals surface area contributed by atoms with Gasteiger partial charge in [-0.1, -0.05) is 24.8 Å². The maximum atomic E-state index is 12.0. The molecule has 0 aliphatic heterocycles. The number of thioether (sulfide) groups is 1. The first-order valence-corrected chi connectivity index (χ1v) is 9.37. The van der Waals surface area contributed by atoms with Gasteiger partial charge in [0.05, 0.1) is 20.0 Å². The number of nitrogens with two attached hydrogens (primary N) is 1. The molecular weight excluding hydrogens is 354 g/mol.